The van der Waals surface area contributed by atoms with Gasteiger partial charge < -0.3 is 14.4 Å². The van der Waals surface area contributed by atoms with E-state index in [1.165, 1.54) is 16.0 Å². The van der Waals surface area contributed by atoms with Gasteiger partial charge in [0.2, 0.25) is 5.91 Å². The lowest BCUT2D eigenvalue weighted by molar-refractivity contribution is -0.133. The number of nitrogens with zero attached hydrogens (tertiary/aromatic N) is 3. The minimum Gasteiger partial charge on any atom is -0.482 e. The first-order chi connectivity index (χ1) is 16.1. The topological polar surface area (TPSA) is 79.4 Å². The van der Waals surface area contributed by atoms with Crippen molar-refractivity contribution in [2.75, 3.05) is 31.1 Å². The number of fused-ring (bicyclic) bond motifs is 4. The number of amides is 3. The molecule has 4 aliphatic rings. The van der Waals surface area contributed by atoms with E-state index in [0.717, 1.165) is 6.42 Å². The number of anilines is 1. The minimum atomic E-state index is -0.250. The molecule has 3 amide bonds. The number of hydrogen-bond acceptors (Lipinski definition) is 5. The van der Waals surface area contributed by atoms with Crippen molar-refractivity contribution in [1.82, 2.24) is 9.80 Å². The fourth-order valence-corrected chi connectivity index (χ4v) is 5.61. The first-order valence-electron chi connectivity index (χ1n) is 11.5. The lowest BCUT2D eigenvalue weighted by Crippen LogP contribution is -2.51. The third kappa shape index (κ3) is 3.32. The van der Waals surface area contributed by atoms with Gasteiger partial charge in [-0.2, -0.15) is 0 Å². The van der Waals surface area contributed by atoms with Crippen molar-refractivity contribution >= 4 is 23.6 Å². The minimum absolute atomic E-state index is 0.00625. The van der Waals surface area contributed by atoms with Gasteiger partial charge in [0.1, 0.15) is 18.4 Å². The Bertz CT molecular complexity index is 1130. The molecular weight excluding hydrogens is 422 g/mol. The van der Waals surface area contributed by atoms with Gasteiger partial charge in [0.05, 0.1) is 11.7 Å². The monoisotopic (exact) mass is 447 g/mol. The van der Waals surface area contributed by atoms with Crippen molar-refractivity contribution < 1.29 is 23.9 Å². The first kappa shape index (κ1) is 20.1. The molecule has 6 rings (SSSR count). The normalized spacial score (nSPS) is 24.2. The lowest BCUT2D eigenvalue weighted by atomic mass is 9.99. The van der Waals surface area contributed by atoms with Crippen LogP contribution in [0.15, 0.2) is 48.5 Å². The molecular formula is C25H25N3O5. The van der Waals surface area contributed by atoms with E-state index in [4.69, 9.17) is 9.47 Å². The number of hydrogen-bond donors (Lipinski definition) is 0. The van der Waals surface area contributed by atoms with Crippen LogP contribution in [0.2, 0.25) is 0 Å². The summed E-state index contributed by atoms with van der Waals surface area (Å²) in [6.45, 7) is 1.03. The Hall–Kier alpha value is -3.55. The summed E-state index contributed by atoms with van der Waals surface area (Å²) in [5.41, 5.74) is 3.05. The van der Waals surface area contributed by atoms with Crippen LogP contribution in [0.3, 0.4) is 0 Å². The maximum Gasteiger partial charge on any atom is 0.411 e. The molecule has 0 unspecified atom stereocenters. The molecule has 0 N–H and O–H groups in total. The van der Waals surface area contributed by atoms with Crippen LogP contribution < -0.4 is 9.64 Å². The number of ether oxygens (including phenoxy) is 2. The summed E-state index contributed by atoms with van der Waals surface area (Å²) in [4.78, 5) is 43.4. The van der Waals surface area contributed by atoms with Crippen molar-refractivity contribution in [3.05, 3.63) is 59.7 Å². The summed E-state index contributed by atoms with van der Waals surface area (Å²) in [5, 5.41) is 0. The largest absolute Gasteiger partial charge is 0.482 e. The van der Waals surface area contributed by atoms with Crippen LogP contribution in [-0.2, 0) is 20.7 Å². The maximum absolute atomic E-state index is 13.0. The molecule has 0 radical (unpaired) electrons. The van der Waals surface area contributed by atoms with Crippen molar-refractivity contribution in [2.24, 2.45) is 0 Å². The smallest absolute Gasteiger partial charge is 0.411 e. The Morgan fingerprint density at radius 2 is 1.76 bits per heavy atom. The van der Waals surface area contributed by atoms with Crippen molar-refractivity contribution in [1.29, 1.82) is 0 Å². The molecule has 0 spiro atoms. The van der Waals surface area contributed by atoms with Gasteiger partial charge in [-0.25, -0.2) is 4.79 Å². The molecule has 3 aliphatic heterocycles. The quantitative estimate of drug-likeness (QED) is 0.723. The highest BCUT2D eigenvalue weighted by atomic mass is 16.6. The van der Waals surface area contributed by atoms with E-state index >= 15 is 0 Å². The summed E-state index contributed by atoms with van der Waals surface area (Å²) in [6.07, 6.45) is 1.77. The molecule has 8 nitrogen and oxygen atoms in total. The number of carbonyl (C=O) groups is 3. The average Bonchev–Trinajstić information content (AvgIpc) is 3.35. The Morgan fingerprint density at radius 3 is 2.61 bits per heavy atom. The van der Waals surface area contributed by atoms with E-state index in [2.05, 4.69) is 12.1 Å². The van der Waals surface area contributed by atoms with E-state index < -0.39 is 0 Å². The molecule has 2 saturated heterocycles. The fraction of sp³-hybridized carbons (Fsp3) is 0.400. The van der Waals surface area contributed by atoms with E-state index in [-0.39, 0.29) is 49.2 Å². The lowest BCUT2D eigenvalue weighted by Gasteiger charge is -2.38. The van der Waals surface area contributed by atoms with Gasteiger partial charge in [-0.1, -0.05) is 36.4 Å². The summed E-state index contributed by atoms with van der Waals surface area (Å²) in [6, 6.07) is 15.5. The van der Waals surface area contributed by atoms with Crippen LogP contribution >= 0.6 is 0 Å². The third-order valence-electron chi connectivity index (χ3n) is 7.22. The molecule has 2 aromatic carbocycles. The number of likely N-dealkylation sites (tertiary alicyclic amines) is 1. The van der Waals surface area contributed by atoms with Gasteiger partial charge in [-0.3, -0.25) is 19.4 Å². The zero-order valence-corrected chi connectivity index (χ0v) is 18.2. The van der Waals surface area contributed by atoms with Gasteiger partial charge in [0, 0.05) is 25.6 Å². The van der Waals surface area contributed by atoms with Gasteiger partial charge >= 0.3 is 6.09 Å². The maximum atomic E-state index is 13.0. The second-order valence-corrected chi connectivity index (χ2v) is 9.03. The average molecular weight is 447 g/mol. The van der Waals surface area contributed by atoms with Crippen molar-refractivity contribution in [3.63, 3.8) is 0 Å². The van der Waals surface area contributed by atoms with Gasteiger partial charge in [0.15, 0.2) is 6.61 Å². The highest BCUT2D eigenvalue weighted by molar-refractivity contribution is 6.02. The Kier molecular flexibility index (Phi) is 4.74. The van der Waals surface area contributed by atoms with Crippen LogP contribution in [0.5, 0.6) is 5.75 Å². The number of carbonyl (C=O) groups excluding carboxylic acids is 3. The predicted molar refractivity (Wildman–Crippen MR) is 119 cm³/mol. The zero-order valence-electron chi connectivity index (χ0n) is 18.2. The fourth-order valence-electron chi connectivity index (χ4n) is 5.61. The number of benzene rings is 2. The van der Waals surface area contributed by atoms with Crippen LogP contribution in [0, 0.1) is 0 Å². The molecule has 0 bridgehead atoms. The van der Waals surface area contributed by atoms with Crippen molar-refractivity contribution in [2.45, 2.75) is 37.5 Å². The Labute approximate surface area is 191 Å². The van der Waals surface area contributed by atoms with Gasteiger partial charge in [-0.15, -0.1) is 0 Å². The second kappa shape index (κ2) is 7.79. The molecule has 2 fully saturated rings. The van der Waals surface area contributed by atoms with Gasteiger partial charge in [0.25, 0.3) is 5.91 Å². The van der Waals surface area contributed by atoms with Crippen molar-refractivity contribution in [3.8, 4) is 5.75 Å². The van der Waals surface area contributed by atoms with E-state index in [0.29, 0.717) is 37.4 Å². The molecule has 0 saturated carbocycles. The predicted octanol–water partition coefficient (Wildman–Crippen LogP) is 2.52. The first-order valence-corrected chi connectivity index (χ1v) is 11.5. The zero-order chi connectivity index (χ0) is 22.5. The molecule has 2 atom stereocenters. The van der Waals surface area contributed by atoms with E-state index in [1.54, 1.807) is 17.0 Å². The summed E-state index contributed by atoms with van der Waals surface area (Å²) in [7, 11) is 0. The molecule has 3 heterocycles. The summed E-state index contributed by atoms with van der Waals surface area (Å²) >= 11 is 0. The molecule has 2 aromatic rings. The molecule has 170 valence electrons. The SMILES string of the molecule is O=C(CN1C(=O)COc2ccccc21)N1CCC(N2C(=O)O[C@H]3Cc4ccccc4[C@H]32)CC1. The number of rotatable bonds is 3. The number of para-hydroxylation sites is 2. The van der Waals surface area contributed by atoms with E-state index in [1.807, 2.05) is 29.2 Å². The third-order valence-corrected chi connectivity index (χ3v) is 7.22. The Morgan fingerprint density at radius 1 is 1.00 bits per heavy atom. The summed E-state index contributed by atoms with van der Waals surface area (Å²) < 4.78 is 11.2. The molecule has 1 aliphatic carbocycles. The number of piperidine rings is 1. The highest BCUT2D eigenvalue weighted by Crippen LogP contribution is 2.44. The van der Waals surface area contributed by atoms with Crippen LogP contribution in [0.25, 0.3) is 0 Å². The molecule has 8 heteroatoms. The van der Waals surface area contributed by atoms with Crippen LogP contribution in [0.1, 0.15) is 30.0 Å². The standard InChI is InChI=1S/C25H25N3O5/c29-22(14-27-19-7-3-4-8-20(19)32-15-23(27)30)26-11-9-17(10-12-26)28-24-18-6-2-1-5-16(18)13-21(24)33-25(28)31/h1-8,17,21,24H,9-15H2/t21-,24+/m0/s1. The van der Waals surface area contributed by atoms with Crippen LogP contribution in [0.4, 0.5) is 10.5 Å². The van der Waals surface area contributed by atoms with E-state index in [9.17, 15) is 14.4 Å². The molecule has 0 aromatic heterocycles. The summed E-state index contributed by atoms with van der Waals surface area (Å²) in [5.74, 6) is 0.303. The molecule has 33 heavy (non-hydrogen) atoms. The van der Waals surface area contributed by atoms with Crippen LogP contribution in [-0.4, -0.2) is 66.1 Å². The Balaban J connectivity index is 1.12. The van der Waals surface area contributed by atoms with Gasteiger partial charge in [-0.05, 0) is 36.1 Å². The second-order valence-electron chi connectivity index (χ2n) is 9.03. The highest BCUT2D eigenvalue weighted by Gasteiger charge is 2.50.